The van der Waals surface area contributed by atoms with E-state index in [0.29, 0.717) is 10.7 Å². The van der Waals surface area contributed by atoms with Gasteiger partial charge in [0.25, 0.3) is 0 Å². The lowest BCUT2D eigenvalue weighted by molar-refractivity contribution is 0.290. The standard InChI is InChI=1S/C13H11ClFNO/c14-10-3-1-2-9(6-10)8-17-13-5-4-11(16)7-12(13)15/h1-7H,8,16H2. The van der Waals surface area contributed by atoms with Crippen molar-refractivity contribution in [2.45, 2.75) is 6.61 Å². The molecule has 0 aliphatic rings. The highest BCUT2D eigenvalue weighted by molar-refractivity contribution is 6.30. The first-order valence-electron chi connectivity index (χ1n) is 5.07. The second-order valence-corrected chi connectivity index (χ2v) is 4.04. The Hall–Kier alpha value is -1.74. The summed E-state index contributed by atoms with van der Waals surface area (Å²) in [5.41, 5.74) is 6.70. The third-order valence-electron chi connectivity index (χ3n) is 2.24. The van der Waals surface area contributed by atoms with Crippen LogP contribution in [-0.4, -0.2) is 0 Å². The van der Waals surface area contributed by atoms with Crippen molar-refractivity contribution in [1.29, 1.82) is 0 Å². The molecule has 0 atom stereocenters. The zero-order chi connectivity index (χ0) is 12.3. The normalized spacial score (nSPS) is 10.2. The molecule has 0 amide bonds. The van der Waals surface area contributed by atoms with Gasteiger partial charge in [0, 0.05) is 16.8 Å². The summed E-state index contributed by atoms with van der Waals surface area (Å²) in [5, 5.41) is 0.629. The molecule has 2 aromatic rings. The Labute approximate surface area is 104 Å². The number of rotatable bonds is 3. The molecule has 17 heavy (non-hydrogen) atoms. The van der Waals surface area contributed by atoms with Crippen LogP contribution in [0.3, 0.4) is 0 Å². The number of ether oxygens (including phenoxy) is 1. The van der Waals surface area contributed by atoms with Crippen molar-refractivity contribution in [3.63, 3.8) is 0 Å². The van der Waals surface area contributed by atoms with Crippen LogP contribution in [0.5, 0.6) is 5.75 Å². The van der Waals surface area contributed by atoms with Gasteiger partial charge in [-0.2, -0.15) is 0 Å². The van der Waals surface area contributed by atoms with Crippen molar-refractivity contribution in [3.8, 4) is 5.75 Å². The molecular formula is C13H11ClFNO. The molecule has 0 fully saturated rings. The number of nitrogen functional groups attached to an aromatic ring is 1. The molecule has 2 aromatic carbocycles. The third-order valence-corrected chi connectivity index (χ3v) is 2.47. The number of hydrogen-bond acceptors (Lipinski definition) is 2. The second-order valence-electron chi connectivity index (χ2n) is 3.61. The predicted molar refractivity (Wildman–Crippen MR) is 66.6 cm³/mol. The van der Waals surface area contributed by atoms with Gasteiger partial charge in [-0.15, -0.1) is 0 Å². The molecule has 0 heterocycles. The van der Waals surface area contributed by atoms with Crippen LogP contribution in [-0.2, 0) is 6.61 Å². The van der Waals surface area contributed by atoms with Crippen LogP contribution in [0, 0.1) is 5.82 Å². The molecule has 0 bridgehead atoms. The summed E-state index contributed by atoms with van der Waals surface area (Å²) in [6.07, 6.45) is 0. The maximum atomic E-state index is 13.4. The summed E-state index contributed by atoms with van der Waals surface area (Å²) in [6.45, 7) is 0.265. The lowest BCUT2D eigenvalue weighted by Gasteiger charge is -2.07. The minimum absolute atomic E-state index is 0.180. The van der Waals surface area contributed by atoms with Gasteiger partial charge in [-0.1, -0.05) is 23.7 Å². The molecule has 88 valence electrons. The fourth-order valence-electron chi connectivity index (χ4n) is 1.42. The lowest BCUT2D eigenvalue weighted by atomic mass is 10.2. The molecule has 2 nitrogen and oxygen atoms in total. The van der Waals surface area contributed by atoms with Crippen LogP contribution < -0.4 is 10.5 Å². The Morgan fingerprint density at radius 3 is 2.71 bits per heavy atom. The summed E-state index contributed by atoms with van der Waals surface area (Å²) >= 11 is 5.83. The molecule has 2 rings (SSSR count). The molecule has 0 saturated carbocycles. The first-order chi connectivity index (χ1) is 8.15. The number of benzene rings is 2. The first-order valence-corrected chi connectivity index (χ1v) is 5.45. The summed E-state index contributed by atoms with van der Waals surface area (Å²) in [7, 11) is 0. The van der Waals surface area contributed by atoms with E-state index in [0.717, 1.165) is 5.56 Å². The van der Waals surface area contributed by atoms with Gasteiger partial charge in [0.2, 0.25) is 0 Å². The first kappa shape index (κ1) is 11.7. The number of nitrogens with two attached hydrogens (primary N) is 1. The monoisotopic (exact) mass is 251 g/mol. The van der Waals surface area contributed by atoms with Gasteiger partial charge in [-0.05, 0) is 29.8 Å². The maximum absolute atomic E-state index is 13.4. The van der Waals surface area contributed by atoms with E-state index < -0.39 is 5.82 Å². The third kappa shape index (κ3) is 3.11. The Balaban J connectivity index is 2.07. The number of halogens is 2. The van der Waals surface area contributed by atoms with E-state index >= 15 is 0 Å². The maximum Gasteiger partial charge on any atom is 0.167 e. The van der Waals surface area contributed by atoms with Crippen molar-refractivity contribution in [1.82, 2.24) is 0 Å². The van der Waals surface area contributed by atoms with Crippen molar-refractivity contribution in [2.75, 3.05) is 5.73 Å². The van der Waals surface area contributed by atoms with Gasteiger partial charge in [0.05, 0.1) is 0 Å². The molecular weight excluding hydrogens is 241 g/mol. The Morgan fingerprint density at radius 1 is 1.18 bits per heavy atom. The molecule has 4 heteroatoms. The molecule has 0 aliphatic heterocycles. The summed E-state index contributed by atoms with van der Waals surface area (Å²) in [5.74, 6) is -0.286. The fraction of sp³-hybridized carbons (Fsp3) is 0.0769. The average Bonchev–Trinajstić information content (AvgIpc) is 2.28. The van der Waals surface area contributed by atoms with Crippen molar-refractivity contribution < 1.29 is 9.13 Å². The fourth-order valence-corrected chi connectivity index (χ4v) is 1.63. The highest BCUT2D eigenvalue weighted by Gasteiger charge is 2.04. The van der Waals surface area contributed by atoms with E-state index in [-0.39, 0.29) is 12.4 Å². The second kappa shape index (κ2) is 5.06. The van der Waals surface area contributed by atoms with Crippen molar-refractivity contribution >= 4 is 17.3 Å². The lowest BCUT2D eigenvalue weighted by Crippen LogP contribution is -1.98. The van der Waals surface area contributed by atoms with Gasteiger partial charge in [-0.3, -0.25) is 0 Å². The van der Waals surface area contributed by atoms with E-state index in [1.165, 1.54) is 12.1 Å². The Bertz CT molecular complexity index is 531. The topological polar surface area (TPSA) is 35.2 Å². The molecule has 0 aromatic heterocycles. The Morgan fingerprint density at radius 2 is 2.00 bits per heavy atom. The zero-order valence-corrected chi connectivity index (χ0v) is 9.75. The summed E-state index contributed by atoms with van der Waals surface area (Å²) in [6, 6.07) is 11.6. The highest BCUT2D eigenvalue weighted by Crippen LogP contribution is 2.21. The number of hydrogen-bond donors (Lipinski definition) is 1. The predicted octanol–water partition coefficient (Wildman–Crippen LogP) is 3.64. The van der Waals surface area contributed by atoms with Gasteiger partial charge in [-0.25, -0.2) is 4.39 Å². The molecule has 0 radical (unpaired) electrons. The van der Waals surface area contributed by atoms with Crippen LogP contribution >= 0.6 is 11.6 Å². The zero-order valence-electron chi connectivity index (χ0n) is 8.99. The SMILES string of the molecule is Nc1ccc(OCc2cccc(Cl)c2)c(F)c1. The van der Waals surface area contributed by atoms with Crippen molar-refractivity contribution in [2.24, 2.45) is 0 Å². The van der Waals surface area contributed by atoms with Crippen molar-refractivity contribution in [3.05, 3.63) is 58.9 Å². The van der Waals surface area contributed by atoms with Gasteiger partial charge >= 0.3 is 0 Å². The quantitative estimate of drug-likeness (QED) is 0.846. The Kier molecular flexibility index (Phi) is 3.49. The van der Waals surface area contributed by atoms with Crippen LogP contribution in [0.2, 0.25) is 5.02 Å². The van der Waals surface area contributed by atoms with Crippen LogP contribution in [0.4, 0.5) is 10.1 Å². The molecule has 0 spiro atoms. The van der Waals surface area contributed by atoms with Gasteiger partial charge < -0.3 is 10.5 Å². The minimum atomic E-state index is -0.466. The summed E-state index contributed by atoms with van der Waals surface area (Å²) in [4.78, 5) is 0. The summed E-state index contributed by atoms with van der Waals surface area (Å²) < 4.78 is 18.7. The van der Waals surface area contributed by atoms with E-state index in [4.69, 9.17) is 22.1 Å². The number of anilines is 1. The van der Waals surface area contributed by atoms with E-state index in [1.54, 1.807) is 18.2 Å². The van der Waals surface area contributed by atoms with Crippen LogP contribution in [0.1, 0.15) is 5.56 Å². The van der Waals surface area contributed by atoms with E-state index in [2.05, 4.69) is 0 Å². The van der Waals surface area contributed by atoms with Gasteiger partial charge in [0.15, 0.2) is 11.6 Å². The smallest absolute Gasteiger partial charge is 0.167 e. The molecule has 0 saturated heterocycles. The highest BCUT2D eigenvalue weighted by atomic mass is 35.5. The minimum Gasteiger partial charge on any atom is -0.486 e. The van der Waals surface area contributed by atoms with Crippen LogP contribution in [0.15, 0.2) is 42.5 Å². The molecule has 0 unspecified atom stereocenters. The largest absolute Gasteiger partial charge is 0.486 e. The van der Waals surface area contributed by atoms with E-state index in [9.17, 15) is 4.39 Å². The molecule has 0 aliphatic carbocycles. The van der Waals surface area contributed by atoms with Gasteiger partial charge in [0.1, 0.15) is 6.61 Å². The van der Waals surface area contributed by atoms with Crippen LogP contribution in [0.25, 0.3) is 0 Å². The average molecular weight is 252 g/mol. The molecule has 2 N–H and O–H groups in total. The van der Waals surface area contributed by atoms with E-state index in [1.807, 2.05) is 12.1 Å².